The maximum Gasteiger partial charge on any atom is 0.254 e. The third kappa shape index (κ3) is 2.60. The van der Waals surface area contributed by atoms with Gasteiger partial charge in [0.15, 0.2) is 5.75 Å². The molecule has 0 saturated heterocycles. The minimum atomic E-state index is -0.574. The summed E-state index contributed by atoms with van der Waals surface area (Å²) in [6.07, 6.45) is 1.44. The van der Waals surface area contributed by atoms with Crippen LogP contribution in [0.3, 0.4) is 0 Å². The molecule has 0 bridgehead atoms. The van der Waals surface area contributed by atoms with Crippen molar-refractivity contribution in [2.75, 3.05) is 0 Å². The van der Waals surface area contributed by atoms with Gasteiger partial charge in [0, 0.05) is 11.6 Å². The average molecular weight is 343 g/mol. The largest absolute Gasteiger partial charge is 0.455 e. The number of hydrogen-bond acceptors (Lipinski definition) is 3. The monoisotopic (exact) mass is 342 g/mol. The molecule has 2 N–H and O–H groups in total. The smallest absolute Gasteiger partial charge is 0.254 e. The highest BCUT2D eigenvalue weighted by molar-refractivity contribution is 9.10. The number of halogens is 1. The molecule has 2 aromatic carbocycles. The summed E-state index contributed by atoms with van der Waals surface area (Å²) in [6.45, 7) is 0. The first-order valence-corrected chi connectivity index (χ1v) is 7.06. The first-order chi connectivity index (χ1) is 10.2. The highest BCUT2D eigenvalue weighted by Crippen LogP contribution is 2.35. The van der Waals surface area contributed by atoms with Gasteiger partial charge in [0.25, 0.3) is 5.91 Å². The van der Waals surface area contributed by atoms with Crippen molar-refractivity contribution in [2.24, 2.45) is 5.73 Å². The van der Waals surface area contributed by atoms with E-state index in [-0.39, 0.29) is 5.56 Å². The van der Waals surface area contributed by atoms with E-state index in [1.54, 1.807) is 0 Å². The van der Waals surface area contributed by atoms with Gasteiger partial charge in [-0.25, -0.2) is 0 Å². The molecule has 1 aromatic heterocycles. The van der Waals surface area contributed by atoms with Crippen molar-refractivity contribution in [2.45, 2.75) is 0 Å². The van der Waals surface area contributed by atoms with Gasteiger partial charge in [0.1, 0.15) is 11.3 Å². The summed E-state index contributed by atoms with van der Waals surface area (Å²) in [7, 11) is 0. The SMILES string of the molecule is NC(=O)c1cnc2ccccc2c1Oc1ccccc1Br. The van der Waals surface area contributed by atoms with Gasteiger partial charge in [0.05, 0.1) is 9.99 Å². The summed E-state index contributed by atoms with van der Waals surface area (Å²) in [5.74, 6) is 0.451. The Morgan fingerprint density at radius 3 is 2.57 bits per heavy atom. The van der Waals surface area contributed by atoms with Gasteiger partial charge < -0.3 is 10.5 Å². The summed E-state index contributed by atoms with van der Waals surface area (Å²) < 4.78 is 6.72. The van der Waals surface area contributed by atoms with Crippen molar-refractivity contribution < 1.29 is 9.53 Å². The maximum absolute atomic E-state index is 11.6. The van der Waals surface area contributed by atoms with Crippen molar-refractivity contribution in [3.8, 4) is 11.5 Å². The van der Waals surface area contributed by atoms with Crippen LogP contribution in [0.1, 0.15) is 10.4 Å². The molecule has 0 aliphatic heterocycles. The van der Waals surface area contributed by atoms with E-state index in [0.29, 0.717) is 11.5 Å². The number of nitrogens with zero attached hydrogens (tertiary/aromatic N) is 1. The van der Waals surface area contributed by atoms with Gasteiger partial charge in [-0.3, -0.25) is 9.78 Å². The second-order valence-electron chi connectivity index (χ2n) is 4.41. The van der Waals surface area contributed by atoms with Gasteiger partial charge in [-0.1, -0.05) is 24.3 Å². The highest BCUT2D eigenvalue weighted by atomic mass is 79.9. The lowest BCUT2D eigenvalue weighted by Gasteiger charge is -2.13. The Bertz CT molecular complexity index is 833. The molecule has 0 atom stereocenters. The number of para-hydroxylation sites is 2. The van der Waals surface area contributed by atoms with E-state index in [2.05, 4.69) is 20.9 Å². The molecule has 1 amide bonds. The molecule has 3 aromatic rings. The standard InChI is InChI=1S/C16H11BrN2O2/c17-12-6-2-4-8-14(12)21-15-10-5-1-3-7-13(10)19-9-11(15)16(18)20/h1-9H,(H2,18,20). The first-order valence-electron chi connectivity index (χ1n) is 6.27. The zero-order valence-electron chi connectivity index (χ0n) is 10.9. The molecule has 0 fully saturated rings. The zero-order valence-corrected chi connectivity index (χ0v) is 12.5. The van der Waals surface area contributed by atoms with Crippen LogP contribution in [0.5, 0.6) is 11.5 Å². The van der Waals surface area contributed by atoms with Crippen molar-refractivity contribution >= 4 is 32.7 Å². The van der Waals surface area contributed by atoms with Crippen molar-refractivity contribution in [1.82, 2.24) is 4.98 Å². The van der Waals surface area contributed by atoms with Crippen LogP contribution < -0.4 is 10.5 Å². The number of ether oxygens (including phenoxy) is 1. The number of carbonyl (C=O) groups excluding carboxylic acids is 1. The van der Waals surface area contributed by atoms with Crippen LogP contribution >= 0.6 is 15.9 Å². The van der Waals surface area contributed by atoms with Crippen LogP contribution in [0.4, 0.5) is 0 Å². The van der Waals surface area contributed by atoms with E-state index in [9.17, 15) is 4.79 Å². The fourth-order valence-electron chi connectivity index (χ4n) is 2.04. The molecule has 0 unspecified atom stereocenters. The quantitative estimate of drug-likeness (QED) is 0.785. The molecule has 21 heavy (non-hydrogen) atoms. The molecule has 0 saturated carbocycles. The molecule has 0 aliphatic rings. The third-order valence-electron chi connectivity index (χ3n) is 3.04. The normalized spacial score (nSPS) is 10.5. The molecule has 0 spiro atoms. The molecule has 1 heterocycles. The van der Waals surface area contributed by atoms with E-state index < -0.39 is 5.91 Å². The van der Waals surface area contributed by atoms with Crippen LogP contribution in [0.2, 0.25) is 0 Å². The number of rotatable bonds is 3. The lowest BCUT2D eigenvalue weighted by molar-refractivity contribution is 0.0998. The van der Waals surface area contributed by atoms with Crippen molar-refractivity contribution in [1.29, 1.82) is 0 Å². The predicted molar refractivity (Wildman–Crippen MR) is 84.5 cm³/mol. The van der Waals surface area contributed by atoms with Crippen molar-refractivity contribution in [3.63, 3.8) is 0 Å². The molecule has 3 rings (SSSR count). The van der Waals surface area contributed by atoms with Crippen LogP contribution in [0.25, 0.3) is 10.9 Å². The number of primary amides is 1. The Balaban J connectivity index is 2.21. The number of pyridine rings is 1. The van der Waals surface area contributed by atoms with Crippen LogP contribution in [0, 0.1) is 0 Å². The number of amides is 1. The summed E-state index contributed by atoms with van der Waals surface area (Å²) in [6, 6.07) is 14.9. The summed E-state index contributed by atoms with van der Waals surface area (Å²) >= 11 is 3.42. The number of benzene rings is 2. The number of aromatic nitrogens is 1. The molecule has 4 nitrogen and oxygen atoms in total. The number of nitrogens with two attached hydrogens (primary N) is 1. The number of carbonyl (C=O) groups is 1. The Hall–Kier alpha value is -2.40. The Kier molecular flexibility index (Phi) is 3.58. The van der Waals surface area contributed by atoms with Gasteiger partial charge in [-0.05, 0) is 40.2 Å². The van der Waals surface area contributed by atoms with Crippen LogP contribution in [-0.2, 0) is 0 Å². The van der Waals surface area contributed by atoms with Crippen LogP contribution in [0.15, 0.2) is 59.2 Å². The topological polar surface area (TPSA) is 65.2 Å². The third-order valence-corrected chi connectivity index (χ3v) is 3.70. The van der Waals surface area contributed by atoms with Gasteiger partial charge in [-0.15, -0.1) is 0 Å². The summed E-state index contributed by atoms with van der Waals surface area (Å²) in [4.78, 5) is 15.9. The molecule has 5 heteroatoms. The highest BCUT2D eigenvalue weighted by Gasteiger charge is 2.16. The molecule has 0 radical (unpaired) electrons. The average Bonchev–Trinajstić information content (AvgIpc) is 2.49. The second kappa shape index (κ2) is 5.54. The van der Waals surface area contributed by atoms with Gasteiger partial charge >= 0.3 is 0 Å². The Labute approximate surface area is 129 Å². The minimum Gasteiger partial charge on any atom is -0.455 e. The lowest BCUT2D eigenvalue weighted by Crippen LogP contribution is -2.13. The fourth-order valence-corrected chi connectivity index (χ4v) is 2.40. The summed E-state index contributed by atoms with van der Waals surface area (Å²) in [5.41, 5.74) is 6.42. The van der Waals surface area contributed by atoms with Crippen molar-refractivity contribution in [3.05, 3.63) is 64.8 Å². The Morgan fingerprint density at radius 2 is 1.81 bits per heavy atom. The first kappa shape index (κ1) is 13.6. The molecule has 104 valence electrons. The number of fused-ring (bicyclic) bond motifs is 1. The molecule has 0 aliphatic carbocycles. The van der Waals surface area contributed by atoms with Gasteiger partial charge in [0.2, 0.25) is 0 Å². The fraction of sp³-hybridized carbons (Fsp3) is 0. The minimum absolute atomic E-state index is 0.254. The molecular formula is C16H11BrN2O2. The summed E-state index contributed by atoms with van der Waals surface area (Å²) in [5, 5.41) is 0.740. The number of hydrogen-bond donors (Lipinski definition) is 1. The van der Waals surface area contributed by atoms with E-state index in [1.165, 1.54) is 6.20 Å². The van der Waals surface area contributed by atoms with E-state index in [0.717, 1.165) is 15.4 Å². The predicted octanol–water partition coefficient (Wildman–Crippen LogP) is 3.89. The second-order valence-corrected chi connectivity index (χ2v) is 5.27. The van der Waals surface area contributed by atoms with E-state index in [1.807, 2.05) is 48.5 Å². The maximum atomic E-state index is 11.6. The zero-order chi connectivity index (χ0) is 14.8. The van der Waals surface area contributed by atoms with E-state index in [4.69, 9.17) is 10.5 Å². The van der Waals surface area contributed by atoms with E-state index >= 15 is 0 Å². The lowest BCUT2D eigenvalue weighted by atomic mass is 10.1. The van der Waals surface area contributed by atoms with Crippen LogP contribution in [-0.4, -0.2) is 10.9 Å². The Morgan fingerprint density at radius 1 is 1.10 bits per heavy atom. The van der Waals surface area contributed by atoms with Gasteiger partial charge in [-0.2, -0.15) is 0 Å². The molecular weight excluding hydrogens is 332 g/mol.